The standard InChI is InChI=1S/C21H17N5O2/c27-20-18-8-7-17-19(20)21(25-14-24-17)26-16-6-2-1-5-15(16)13-23-11-10-22-9-3-4-12-28-18/h1-11,13-14,27H,12H2,(H,24,25,26). The molecule has 2 N–H and O–H groups in total. The molecule has 138 valence electrons. The van der Waals surface area contributed by atoms with Crippen molar-refractivity contribution in [1.82, 2.24) is 9.97 Å². The second-order valence-corrected chi connectivity index (χ2v) is 5.85. The number of allylic oxidation sites excluding steroid dienone is 1. The van der Waals surface area contributed by atoms with Gasteiger partial charge < -0.3 is 15.2 Å². The molecule has 2 bridgehead atoms. The summed E-state index contributed by atoms with van der Waals surface area (Å²) in [4.78, 5) is 16.9. The summed E-state index contributed by atoms with van der Waals surface area (Å²) in [5.41, 5.74) is 2.26. The minimum Gasteiger partial charge on any atom is -0.504 e. The van der Waals surface area contributed by atoms with Crippen LogP contribution in [0.2, 0.25) is 0 Å². The van der Waals surface area contributed by atoms with Crippen LogP contribution in [-0.4, -0.2) is 34.1 Å². The molecule has 4 rings (SSSR count). The maximum Gasteiger partial charge on any atom is 0.171 e. The first-order chi connectivity index (χ1) is 13.8. The molecule has 0 fully saturated rings. The second kappa shape index (κ2) is 8.13. The first-order valence-corrected chi connectivity index (χ1v) is 8.65. The molecule has 0 unspecified atom stereocenters. The Hall–Kier alpha value is -4.00. The first-order valence-electron chi connectivity index (χ1n) is 8.65. The topological polar surface area (TPSA) is 92.0 Å². The van der Waals surface area contributed by atoms with Crippen molar-refractivity contribution in [3.05, 3.63) is 72.8 Å². The van der Waals surface area contributed by atoms with Crippen LogP contribution in [0.3, 0.4) is 0 Å². The molecule has 0 spiro atoms. The molecular weight excluding hydrogens is 354 g/mol. The Morgan fingerprint density at radius 1 is 1.00 bits per heavy atom. The number of rotatable bonds is 0. The third-order valence-electron chi connectivity index (χ3n) is 4.05. The van der Waals surface area contributed by atoms with E-state index in [0.717, 1.165) is 11.3 Å². The number of aromatic hydroxyl groups is 1. The molecule has 3 aromatic rings. The van der Waals surface area contributed by atoms with Crippen LogP contribution in [0.5, 0.6) is 11.5 Å². The lowest BCUT2D eigenvalue weighted by molar-refractivity contribution is 0.338. The summed E-state index contributed by atoms with van der Waals surface area (Å²) in [7, 11) is 0. The van der Waals surface area contributed by atoms with Gasteiger partial charge in [0.25, 0.3) is 0 Å². The Balaban J connectivity index is 1.85. The Labute approximate surface area is 161 Å². The fourth-order valence-electron chi connectivity index (χ4n) is 2.73. The van der Waals surface area contributed by atoms with E-state index in [0.29, 0.717) is 22.5 Å². The normalized spacial score (nSPS) is 13.7. The van der Waals surface area contributed by atoms with Crippen molar-refractivity contribution < 1.29 is 9.84 Å². The number of aliphatic imine (C=N–C) groups is 2. The summed E-state index contributed by atoms with van der Waals surface area (Å²) < 4.78 is 5.67. The maximum absolute atomic E-state index is 10.8. The Morgan fingerprint density at radius 2 is 1.89 bits per heavy atom. The minimum absolute atomic E-state index is 0.0141. The maximum atomic E-state index is 10.8. The lowest BCUT2D eigenvalue weighted by atomic mass is 10.1. The summed E-state index contributed by atoms with van der Waals surface area (Å²) in [6.07, 6.45) is 11.6. The molecule has 1 aliphatic heterocycles. The number of benzene rings is 2. The molecule has 0 radical (unpaired) electrons. The highest BCUT2D eigenvalue weighted by Gasteiger charge is 2.14. The summed E-state index contributed by atoms with van der Waals surface area (Å²) in [5, 5.41) is 14.5. The van der Waals surface area contributed by atoms with E-state index in [1.54, 1.807) is 49.1 Å². The lowest BCUT2D eigenvalue weighted by Crippen LogP contribution is -2.00. The second-order valence-electron chi connectivity index (χ2n) is 5.85. The van der Waals surface area contributed by atoms with Crippen LogP contribution in [-0.2, 0) is 0 Å². The summed E-state index contributed by atoms with van der Waals surface area (Å²) in [6, 6.07) is 11.1. The van der Waals surface area contributed by atoms with Crippen molar-refractivity contribution in [3.63, 3.8) is 0 Å². The Kier molecular flexibility index (Phi) is 5.06. The number of fused-ring (bicyclic) bond motifs is 2. The van der Waals surface area contributed by atoms with E-state index in [9.17, 15) is 5.11 Å². The fourth-order valence-corrected chi connectivity index (χ4v) is 2.73. The van der Waals surface area contributed by atoms with E-state index < -0.39 is 0 Å². The van der Waals surface area contributed by atoms with E-state index in [-0.39, 0.29) is 12.4 Å². The van der Waals surface area contributed by atoms with Crippen molar-refractivity contribution in [3.8, 4) is 11.5 Å². The molecule has 7 heteroatoms. The predicted octanol–water partition coefficient (Wildman–Crippen LogP) is 3.99. The molecule has 0 saturated heterocycles. The fraction of sp³-hybridized carbons (Fsp3) is 0.0476. The van der Waals surface area contributed by atoms with E-state index in [2.05, 4.69) is 25.3 Å². The van der Waals surface area contributed by atoms with Gasteiger partial charge in [-0.15, -0.1) is 0 Å². The molecule has 0 amide bonds. The molecule has 28 heavy (non-hydrogen) atoms. The Morgan fingerprint density at radius 3 is 2.86 bits per heavy atom. The van der Waals surface area contributed by atoms with Crippen molar-refractivity contribution in [2.75, 3.05) is 11.9 Å². The molecule has 1 aliphatic rings. The van der Waals surface area contributed by atoms with Gasteiger partial charge in [-0.3, -0.25) is 9.98 Å². The monoisotopic (exact) mass is 371 g/mol. The molecule has 2 aromatic carbocycles. The van der Waals surface area contributed by atoms with Crippen molar-refractivity contribution in [2.45, 2.75) is 0 Å². The number of anilines is 2. The van der Waals surface area contributed by atoms with Crippen molar-refractivity contribution in [1.29, 1.82) is 0 Å². The number of hydrogen-bond donors (Lipinski definition) is 2. The van der Waals surface area contributed by atoms with Crippen LogP contribution in [0.4, 0.5) is 11.5 Å². The average molecular weight is 371 g/mol. The predicted molar refractivity (Wildman–Crippen MR) is 111 cm³/mol. The summed E-state index contributed by atoms with van der Waals surface area (Å²) in [5.74, 6) is 0.818. The highest BCUT2D eigenvalue weighted by Crippen LogP contribution is 2.38. The average Bonchev–Trinajstić information content (AvgIpc) is 2.71. The minimum atomic E-state index is -0.0141. The molecule has 0 saturated carbocycles. The van der Waals surface area contributed by atoms with Gasteiger partial charge in [0.2, 0.25) is 0 Å². The number of nitrogens with one attached hydrogen (secondary N) is 1. The van der Waals surface area contributed by atoms with Gasteiger partial charge in [0, 0.05) is 36.1 Å². The Bertz CT molecular complexity index is 1120. The van der Waals surface area contributed by atoms with Crippen LogP contribution in [0.15, 0.2) is 77.3 Å². The van der Waals surface area contributed by atoms with Crippen LogP contribution >= 0.6 is 0 Å². The number of phenols is 1. The number of aromatic nitrogens is 2. The number of hydrogen-bond acceptors (Lipinski definition) is 7. The summed E-state index contributed by atoms with van der Waals surface area (Å²) in [6.45, 7) is 0.284. The SMILES string of the molecule is Oc1c2ccc3ncnc(c13)Nc1ccccc1C=NC=CN=CC=CCO2. The zero-order valence-electron chi connectivity index (χ0n) is 14.9. The van der Waals surface area contributed by atoms with Gasteiger partial charge in [0.1, 0.15) is 18.8 Å². The molecule has 0 aliphatic carbocycles. The largest absolute Gasteiger partial charge is 0.504 e. The quantitative estimate of drug-likeness (QED) is 0.623. The first kappa shape index (κ1) is 17.4. The molecule has 1 aromatic heterocycles. The number of phenolic OH excluding ortho intramolecular Hbond substituents is 1. The van der Waals surface area contributed by atoms with Crippen molar-refractivity contribution in [2.24, 2.45) is 9.98 Å². The van der Waals surface area contributed by atoms with Crippen LogP contribution in [0.1, 0.15) is 5.56 Å². The highest BCUT2D eigenvalue weighted by atomic mass is 16.5. The van der Waals surface area contributed by atoms with E-state index in [1.807, 2.05) is 24.3 Å². The number of nitrogens with zero attached hydrogens (tertiary/aromatic N) is 4. The molecule has 7 nitrogen and oxygen atoms in total. The number of ether oxygens (including phenoxy) is 1. The molecule has 0 atom stereocenters. The smallest absolute Gasteiger partial charge is 0.171 e. The van der Waals surface area contributed by atoms with Crippen molar-refractivity contribution >= 4 is 34.8 Å². The summed E-state index contributed by atoms with van der Waals surface area (Å²) >= 11 is 0. The zero-order chi connectivity index (χ0) is 19.2. The lowest BCUT2D eigenvalue weighted by Gasteiger charge is -2.13. The third-order valence-corrected chi connectivity index (χ3v) is 4.05. The van der Waals surface area contributed by atoms with E-state index in [4.69, 9.17) is 4.74 Å². The van der Waals surface area contributed by atoms with Gasteiger partial charge in [-0.05, 0) is 30.4 Å². The van der Waals surface area contributed by atoms with Crippen LogP contribution in [0, 0.1) is 0 Å². The van der Waals surface area contributed by atoms with Gasteiger partial charge in [0.15, 0.2) is 11.5 Å². The zero-order valence-corrected chi connectivity index (χ0v) is 14.9. The van der Waals surface area contributed by atoms with E-state index in [1.165, 1.54) is 6.33 Å². The van der Waals surface area contributed by atoms with Gasteiger partial charge >= 0.3 is 0 Å². The van der Waals surface area contributed by atoms with Crippen LogP contribution < -0.4 is 10.1 Å². The molecule has 2 heterocycles. The van der Waals surface area contributed by atoms with Gasteiger partial charge in [-0.2, -0.15) is 0 Å². The van der Waals surface area contributed by atoms with E-state index >= 15 is 0 Å². The highest BCUT2D eigenvalue weighted by molar-refractivity contribution is 5.99. The van der Waals surface area contributed by atoms with Gasteiger partial charge in [0.05, 0.1) is 10.9 Å². The number of para-hydroxylation sites is 1. The third kappa shape index (κ3) is 3.73. The molecular formula is C21H17N5O2. The van der Waals surface area contributed by atoms with Crippen LogP contribution in [0.25, 0.3) is 10.9 Å². The van der Waals surface area contributed by atoms with Gasteiger partial charge in [-0.1, -0.05) is 18.2 Å². The van der Waals surface area contributed by atoms with Gasteiger partial charge in [-0.25, -0.2) is 9.97 Å².